The van der Waals surface area contributed by atoms with Gasteiger partial charge in [-0.3, -0.25) is 4.79 Å². The SMILES string of the molecule is CC(=O)N/N=C/c1ccc(-c2ccc(Cl)c(Cl)c2)o1. The molecule has 0 saturated carbocycles. The molecule has 1 heterocycles. The number of hydrogen-bond donors (Lipinski definition) is 1. The van der Waals surface area contributed by atoms with Gasteiger partial charge < -0.3 is 4.42 Å². The highest BCUT2D eigenvalue weighted by atomic mass is 35.5. The molecule has 0 spiro atoms. The molecule has 0 aliphatic heterocycles. The van der Waals surface area contributed by atoms with E-state index in [1.807, 2.05) is 6.07 Å². The summed E-state index contributed by atoms with van der Waals surface area (Å²) < 4.78 is 5.54. The lowest BCUT2D eigenvalue weighted by atomic mass is 10.2. The van der Waals surface area contributed by atoms with Crippen molar-refractivity contribution < 1.29 is 9.21 Å². The van der Waals surface area contributed by atoms with Crippen molar-refractivity contribution in [3.05, 3.63) is 46.1 Å². The van der Waals surface area contributed by atoms with Crippen LogP contribution < -0.4 is 5.43 Å². The van der Waals surface area contributed by atoms with Gasteiger partial charge in [0.05, 0.1) is 16.3 Å². The van der Waals surface area contributed by atoms with Crippen molar-refractivity contribution in [1.82, 2.24) is 5.43 Å². The number of furan rings is 1. The topological polar surface area (TPSA) is 54.6 Å². The molecule has 0 aliphatic carbocycles. The van der Waals surface area contributed by atoms with Crippen LogP contribution in [0.2, 0.25) is 10.0 Å². The molecule has 19 heavy (non-hydrogen) atoms. The van der Waals surface area contributed by atoms with Crippen molar-refractivity contribution in [1.29, 1.82) is 0 Å². The van der Waals surface area contributed by atoms with Crippen molar-refractivity contribution in [3.8, 4) is 11.3 Å². The number of carbonyl (C=O) groups is 1. The third kappa shape index (κ3) is 3.59. The Morgan fingerprint density at radius 3 is 2.74 bits per heavy atom. The predicted molar refractivity (Wildman–Crippen MR) is 75.6 cm³/mol. The summed E-state index contributed by atoms with van der Waals surface area (Å²) in [5.74, 6) is 0.921. The predicted octanol–water partition coefficient (Wildman–Crippen LogP) is 3.72. The Labute approximate surface area is 120 Å². The monoisotopic (exact) mass is 296 g/mol. The number of amides is 1. The third-order valence-electron chi connectivity index (χ3n) is 2.24. The Morgan fingerprint density at radius 2 is 2.05 bits per heavy atom. The fourth-order valence-corrected chi connectivity index (χ4v) is 1.71. The van der Waals surface area contributed by atoms with Gasteiger partial charge in [0.1, 0.15) is 11.5 Å². The summed E-state index contributed by atoms with van der Waals surface area (Å²) in [7, 11) is 0. The van der Waals surface area contributed by atoms with Gasteiger partial charge in [0, 0.05) is 12.5 Å². The maximum absolute atomic E-state index is 10.6. The van der Waals surface area contributed by atoms with Crippen LogP contribution in [0.15, 0.2) is 39.9 Å². The van der Waals surface area contributed by atoms with Gasteiger partial charge in [-0.2, -0.15) is 5.10 Å². The molecule has 0 atom stereocenters. The average Bonchev–Trinajstić information content (AvgIpc) is 2.81. The Kier molecular flexibility index (Phi) is 4.24. The van der Waals surface area contributed by atoms with E-state index in [0.29, 0.717) is 21.6 Å². The summed E-state index contributed by atoms with van der Waals surface area (Å²) >= 11 is 11.8. The summed E-state index contributed by atoms with van der Waals surface area (Å²) in [6, 6.07) is 8.75. The van der Waals surface area contributed by atoms with Crippen LogP contribution >= 0.6 is 23.2 Å². The number of nitrogens with one attached hydrogen (secondary N) is 1. The molecule has 0 unspecified atom stereocenters. The maximum Gasteiger partial charge on any atom is 0.236 e. The Hall–Kier alpha value is -1.78. The average molecular weight is 297 g/mol. The number of halogens is 2. The quantitative estimate of drug-likeness (QED) is 0.693. The largest absolute Gasteiger partial charge is 0.455 e. The fourth-order valence-electron chi connectivity index (χ4n) is 1.41. The molecule has 0 aliphatic rings. The number of benzene rings is 1. The molecule has 0 radical (unpaired) electrons. The van der Waals surface area contributed by atoms with E-state index in [0.717, 1.165) is 5.56 Å². The number of hydrazone groups is 1. The first-order valence-corrected chi connectivity index (χ1v) is 6.17. The van der Waals surface area contributed by atoms with E-state index in [4.69, 9.17) is 27.6 Å². The van der Waals surface area contributed by atoms with Crippen LogP contribution in [0.1, 0.15) is 12.7 Å². The lowest BCUT2D eigenvalue weighted by molar-refractivity contribution is -0.118. The Bertz CT molecular complexity index is 635. The van der Waals surface area contributed by atoms with Gasteiger partial charge in [0.2, 0.25) is 5.91 Å². The van der Waals surface area contributed by atoms with E-state index in [-0.39, 0.29) is 5.91 Å². The van der Waals surface area contributed by atoms with Gasteiger partial charge in [-0.15, -0.1) is 0 Å². The molecule has 1 aromatic carbocycles. The molecular weight excluding hydrogens is 287 g/mol. The third-order valence-corrected chi connectivity index (χ3v) is 2.98. The highest BCUT2D eigenvalue weighted by molar-refractivity contribution is 6.42. The van der Waals surface area contributed by atoms with E-state index in [1.165, 1.54) is 13.1 Å². The number of nitrogens with zero attached hydrogens (tertiary/aromatic N) is 1. The normalized spacial score (nSPS) is 10.9. The molecular formula is C13H10Cl2N2O2. The van der Waals surface area contributed by atoms with E-state index in [1.54, 1.807) is 24.3 Å². The molecule has 6 heteroatoms. The molecule has 0 fully saturated rings. The first-order chi connectivity index (χ1) is 9.06. The second-order valence-electron chi connectivity index (χ2n) is 3.76. The van der Waals surface area contributed by atoms with Gasteiger partial charge in [-0.1, -0.05) is 23.2 Å². The molecule has 1 amide bonds. The summed E-state index contributed by atoms with van der Waals surface area (Å²) in [5.41, 5.74) is 3.11. The molecule has 0 bridgehead atoms. The van der Waals surface area contributed by atoms with Gasteiger partial charge in [-0.25, -0.2) is 5.43 Å². The van der Waals surface area contributed by atoms with E-state index >= 15 is 0 Å². The molecule has 1 aromatic heterocycles. The van der Waals surface area contributed by atoms with E-state index in [9.17, 15) is 4.79 Å². The maximum atomic E-state index is 10.6. The second-order valence-corrected chi connectivity index (χ2v) is 4.57. The van der Waals surface area contributed by atoms with Crippen molar-refractivity contribution in [2.75, 3.05) is 0 Å². The standard InChI is InChI=1S/C13H10Cl2N2O2/c1-8(18)17-16-7-10-3-5-13(19-10)9-2-4-11(14)12(15)6-9/h2-7H,1H3,(H,17,18)/b16-7+. The van der Waals surface area contributed by atoms with Gasteiger partial charge >= 0.3 is 0 Å². The highest BCUT2D eigenvalue weighted by Gasteiger charge is 2.06. The van der Waals surface area contributed by atoms with Crippen molar-refractivity contribution in [3.63, 3.8) is 0 Å². The van der Waals surface area contributed by atoms with Crippen LogP contribution in [0.5, 0.6) is 0 Å². The van der Waals surface area contributed by atoms with Gasteiger partial charge in [0.25, 0.3) is 0 Å². The summed E-state index contributed by atoms with van der Waals surface area (Å²) in [4.78, 5) is 10.6. The number of rotatable bonds is 3. The lowest BCUT2D eigenvalue weighted by Gasteiger charge is -1.99. The van der Waals surface area contributed by atoms with Crippen LogP contribution in [0.3, 0.4) is 0 Å². The van der Waals surface area contributed by atoms with Crippen LogP contribution in [0.25, 0.3) is 11.3 Å². The molecule has 2 rings (SSSR count). The molecule has 0 saturated heterocycles. The zero-order valence-corrected chi connectivity index (χ0v) is 11.5. The Balaban J connectivity index is 2.18. The minimum absolute atomic E-state index is 0.243. The van der Waals surface area contributed by atoms with Crippen LogP contribution in [-0.2, 0) is 4.79 Å². The lowest BCUT2D eigenvalue weighted by Crippen LogP contribution is -2.12. The smallest absolute Gasteiger partial charge is 0.236 e. The van der Waals surface area contributed by atoms with Crippen LogP contribution in [0, 0.1) is 0 Å². The van der Waals surface area contributed by atoms with Crippen molar-refractivity contribution in [2.24, 2.45) is 5.10 Å². The summed E-state index contributed by atoms with van der Waals surface area (Å²) in [6.07, 6.45) is 1.42. The van der Waals surface area contributed by atoms with E-state index in [2.05, 4.69) is 10.5 Å². The molecule has 4 nitrogen and oxygen atoms in total. The first kappa shape index (κ1) is 13.6. The van der Waals surface area contributed by atoms with Crippen LogP contribution in [0.4, 0.5) is 0 Å². The minimum atomic E-state index is -0.243. The second kappa shape index (κ2) is 5.91. The highest BCUT2D eigenvalue weighted by Crippen LogP contribution is 2.29. The van der Waals surface area contributed by atoms with Crippen LogP contribution in [-0.4, -0.2) is 12.1 Å². The van der Waals surface area contributed by atoms with Crippen molar-refractivity contribution in [2.45, 2.75) is 6.92 Å². The summed E-state index contributed by atoms with van der Waals surface area (Å²) in [6.45, 7) is 1.38. The van der Waals surface area contributed by atoms with E-state index < -0.39 is 0 Å². The molecule has 1 N–H and O–H groups in total. The number of hydrogen-bond acceptors (Lipinski definition) is 3. The molecule has 2 aromatic rings. The molecule has 98 valence electrons. The number of carbonyl (C=O) groups excluding carboxylic acids is 1. The van der Waals surface area contributed by atoms with Gasteiger partial charge in [-0.05, 0) is 30.3 Å². The zero-order valence-electron chi connectivity index (χ0n) is 9.98. The minimum Gasteiger partial charge on any atom is -0.455 e. The fraction of sp³-hybridized carbons (Fsp3) is 0.0769. The summed E-state index contributed by atoms with van der Waals surface area (Å²) in [5, 5.41) is 4.67. The van der Waals surface area contributed by atoms with Crippen molar-refractivity contribution >= 4 is 35.3 Å². The zero-order chi connectivity index (χ0) is 13.8. The first-order valence-electron chi connectivity index (χ1n) is 5.41. The Morgan fingerprint density at radius 1 is 1.26 bits per heavy atom. The van der Waals surface area contributed by atoms with Gasteiger partial charge in [0.15, 0.2) is 0 Å².